The third kappa shape index (κ3) is 3.90. The van der Waals surface area contributed by atoms with E-state index < -0.39 is 11.1 Å². The average Bonchev–Trinajstić information content (AvgIpc) is 3.38. The topological polar surface area (TPSA) is 87.6 Å². The highest BCUT2D eigenvalue weighted by molar-refractivity contribution is 6.42. The summed E-state index contributed by atoms with van der Waals surface area (Å²) in [5, 5.41) is 2.96. The van der Waals surface area contributed by atoms with Gasteiger partial charge in [-0.3, -0.25) is 19.6 Å². The molecule has 1 unspecified atom stereocenters. The SMILES string of the molecule is CC(C)(C)C1=NC2(CCCCCC2)N(C/C=C/c2cnc3c(c2)CC2(C3)C(=O)Nc3ncccc32)C1=O. The van der Waals surface area contributed by atoms with Crippen molar-refractivity contribution in [2.24, 2.45) is 10.4 Å². The summed E-state index contributed by atoms with van der Waals surface area (Å²) in [5.74, 6) is 0.750. The molecular weight excluding hydrogens is 462 g/mol. The van der Waals surface area contributed by atoms with E-state index in [2.05, 4.69) is 49.3 Å². The minimum Gasteiger partial charge on any atom is -0.310 e. The monoisotopic (exact) mass is 497 g/mol. The lowest BCUT2D eigenvalue weighted by molar-refractivity contribution is -0.127. The maximum atomic E-state index is 13.5. The Morgan fingerprint density at radius 1 is 1.08 bits per heavy atom. The van der Waals surface area contributed by atoms with Crippen LogP contribution in [0.3, 0.4) is 0 Å². The molecule has 192 valence electrons. The van der Waals surface area contributed by atoms with Crippen LogP contribution in [0.4, 0.5) is 5.82 Å². The van der Waals surface area contributed by atoms with Crippen molar-refractivity contribution in [3.8, 4) is 0 Å². The normalized spacial score (nSPS) is 24.5. The first kappa shape index (κ1) is 24.0. The molecule has 2 spiro atoms. The Hall–Kier alpha value is -3.35. The summed E-state index contributed by atoms with van der Waals surface area (Å²) < 4.78 is 0. The molecule has 2 aromatic heterocycles. The number of aromatic nitrogens is 2. The van der Waals surface area contributed by atoms with Gasteiger partial charge in [0.2, 0.25) is 5.91 Å². The van der Waals surface area contributed by atoms with E-state index in [-0.39, 0.29) is 17.2 Å². The van der Waals surface area contributed by atoms with Crippen LogP contribution in [0.15, 0.2) is 41.7 Å². The van der Waals surface area contributed by atoms with Gasteiger partial charge in [-0.2, -0.15) is 0 Å². The number of anilines is 1. The van der Waals surface area contributed by atoms with Crippen molar-refractivity contribution in [2.75, 3.05) is 11.9 Å². The molecule has 1 fully saturated rings. The summed E-state index contributed by atoms with van der Waals surface area (Å²) in [7, 11) is 0. The molecule has 2 aliphatic heterocycles. The van der Waals surface area contributed by atoms with Gasteiger partial charge in [0.15, 0.2) is 0 Å². The van der Waals surface area contributed by atoms with Crippen LogP contribution >= 0.6 is 0 Å². The molecule has 7 nitrogen and oxygen atoms in total. The van der Waals surface area contributed by atoms with E-state index in [4.69, 9.17) is 9.98 Å². The summed E-state index contributed by atoms with van der Waals surface area (Å²) in [6.07, 6.45) is 15.4. The third-order valence-electron chi connectivity index (χ3n) is 8.52. The lowest BCUT2D eigenvalue weighted by atomic mass is 9.80. The van der Waals surface area contributed by atoms with Crippen molar-refractivity contribution in [1.82, 2.24) is 14.9 Å². The van der Waals surface area contributed by atoms with E-state index in [1.807, 2.05) is 23.2 Å². The number of rotatable bonds is 3. The highest BCUT2D eigenvalue weighted by atomic mass is 16.2. The largest absolute Gasteiger partial charge is 0.310 e. The fourth-order valence-electron chi connectivity index (χ4n) is 6.57. The number of carbonyl (C=O) groups excluding carboxylic acids is 2. The van der Waals surface area contributed by atoms with Crippen LogP contribution < -0.4 is 5.32 Å². The molecule has 2 aliphatic carbocycles. The summed E-state index contributed by atoms with van der Waals surface area (Å²) in [6, 6.07) is 6.03. The standard InChI is InChI=1S/C30H35N5O2/c1-28(2,3)24-26(36)35(30(34-24)12-6-4-5-7-13-30)15-9-10-20-16-21-17-29(18-23(21)32-19-20)22-11-8-14-31-25(22)33-27(29)37/h8-11,14,16,19H,4-7,12-13,15,17-18H2,1-3H3,(H,31,33,37)/b10-9+. The summed E-state index contributed by atoms with van der Waals surface area (Å²) >= 11 is 0. The highest BCUT2D eigenvalue weighted by Gasteiger charge is 2.52. The second-order valence-electron chi connectivity index (χ2n) is 12.1. The zero-order chi connectivity index (χ0) is 25.8. The third-order valence-corrected chi connectivity index (χ3v) is 8.52. The van der Waals surface area contributed by atoms with Crippen LogP contribution in [0.25, 0.3) is 6.08 Å². The van der Waals surface area contributed by atoms with Crippen molar-refractivity contribution < 1.29 is 9.59 Å². The number of pyridine rings is 2. The predicted octanol–water partition coefficient (Wildman–Crippen LogP) is 4.86. The number of hydrogen-bond donors (Lipinski definition) is 1. The maximum absolute atomic E-state index is 13.5. The lowest BCUT2D eigenvalue weighted by Crippen LogP contribution is -2.47. The zero-order valence-corrected chi connectivity index (χ0v) is 22.0. The molecule has 0 saturated heterocycles. The smallest absolute Gasteiger partial charge is 0.270 e. The van der Waals surface area contributed by atoms with E-state index in [1.54, 1.807) is 6.20 Å². The average molecular weight is 498 g/mol. The number of amides is 2. The van der Waals surface area contributed by atoms with Gasteiger partial charge in [-0.15, -0.1) is 0 Å². The van der Waals surface area contributed by atoms with Crippen molar-refractivity contribution >= 4 is 29.4 Å². The first-order chi connectivity index (χ1) is 17.7. The molecule has 6 rings (SSSR count). The second kappa shape index (κ2) is 8.61. The van der Waals surface area contributed by atoms with Crippen LogP contribution in [0, 0.1) is 5.41 Å². The van der Waals surface area contributed by atoms with Crippen LogP contribution in [0.2, 0.25) is 0 Å². The van der Waals surface area contributed by atoms with Gasteiger partial charge in [0.25, 0.3) is 5.91 Å². The number of nitrogens with zero attached hydrogens (tertiary/aromatic N) is 4. The van der Waals surface area contributed by atoms with Gasteiger partial charge in [0, 0.05) is 42.0 Å². The molecule has 4 heterocycles. The first-order valence-corrected chi connectivity index (χ1v) is 13.6. The molecule has 0 radical (unpaired) electrons. The van der Waals surface area contributed by atoms with Gasteiger partial charge >= 0.3 is 0 Å². The van der Waals surface area contributed by atoms with Crippen molar-refractivity contribution in [2.45, 2.75) is 83.2 Å². The van der Waals surface area contributed by atoms with Crippen molar-refractivity contribution in [3.05, 3.63) is 59.1 Å². The first-order valence-electron chi connectivity index (χ1n) is 13.6. The predicted molar refractivity (Wildman–Crippen MR) is 144 cm³/mol. The quantitative estimate of drug-likeness (QED) is 0.656. The van der Waals surface area contributed by atoms with Crippen molar-refractivity contribution in [1.29, 1.82) is 0 Å². The number of nitrogens with one attached hydrogen (secondary N) is 1. The Balaban J connectivity index is 1.22. The molecule has 37 heavy (non-hydrogen) atoms. The van der Waals surface area contributed by atoms with Crippen molar-refractivity contribution in [3.63, 3.8) is 0 Å². The minimum atomic E-state index is -0.615. The van der Waals surface area contributed by atoms with Gasteiger partial charge in [-0.25, -0.2) is 4.98 Å². The van der Waals surface area contributed by atoms with Crippen LogP contribution in [-0.4, -0.2) is 44.6 Å². The van der Waals surface area contributed by atoms with Gasteiger partial charge in [0.1, 0.15) is 17.2 Å². The van der Waals surface area contributed by atoms with Crippen LogP contribution in [0.1, 0.15) is 81.7 Å². The number of carbonyl (C=O) groups is 2. The van der Waals surface area contributed by atoms with E-state index in [9.17, 15) is 9.59 Å². The fourth-order valence-corrected chi connectivity index (χ4v) is 6.57. The maximum Gasteiger partial charge on any atom is 0.270 e. The summed E-state index contributed by atoms with van der Waals surface area (Å²) in [4.78, 5) is 42.7. The van der Waals surface area contributed by atoms with E-state index in [1.165, 1.54) is 12.8 Å². The number of fused-ring (bicyclic) bond motifs is 3. The Bertz CT molecular complexity index is 1330. The van der Waals surface area contributed by atoms with Gasteiger partial charge in [-0.05, 0) is 55.4 Å². The van der Waals surface area contributed by atoms with E-state index >= 15 is 0 Å². The van der Waals surface area contributed by atoms with Crippen LogP contribution in [-0.2, 0) is 27.8 Å². The van der Waals surface area contributed by atoms with Gasteiger partial charge in [-0.1, -0.05) is 51.8 Å². The highest BCUT2D eigenvalue weighted by Crippen LogP contribution is 2.46. The second-order valence-corrected chi connectivity index (χ2v) is 12.1. The molecule has 0 bridgehead atoms. The number of hydrogen-bond acceptors (Lipinski definition) is 5. The van der Waals surface area contributed by atoms with E-state index in [0.717, 1.165) is 48.1 Å². The Morgan fingerprint density at radius 2 is 1.86 bits per heavy atom. The fraction of sp³-hybridized carbons (Fsp3) is 0.500. The molecule has 2 amide bonds. The number of aliphatic imine (C=N–C) groups is 1. The molecule has 7 heteroatoms. The van der Waals surface area contributed by atoms with Gasteiger partial charge < -0.3 is 10.2 Å². The minimum absolute atomic E-state index is 0.00666. The molecule has 1 N–H and O–H groups in total. The molecule has 2 aromatic rings. The molecule has 0 aromatic carbocycles. The Morgan fingerprint density at radius 3 is 2.62 bits per heavy atom. The molecule has 4 aliphatic rings. The Kier molecular flexibility index (Phi) is 5.58. The van der Waals surface area contributed by atoms with Gasteiger partial charge in [0.05, 0.1) is 5.41 Å². The lowest BCUT2D eigenvalue weighted by Gasteiger charge is -2.35. The summed E-state index contributed by atoms with van der Waals surface area (Å²) in [6.45, 7) is 6.77. The molecular formula is C30H35N5O2. The molecule has 1 saturated carbocycles. The molecule has 1 atom stereocenters. The van der Waals surface area contributed by atoms with E-state index in [0.29, 0.717) is 30.9 Å². The Labute approximate surface area is 218 Å². The van der Waals surface area contributed by atoms with Crippen LogP contribution in [0.5, 0.6) is 0 Å². The zero-order valence-electron chi connectivity index (χ0n) is 22.0. The summed E-state index contributed by atoms with van der Waals surface area (Å²) in [5.41, 5.74) is 3.44.